The quantitative estimate of drug-likeness (QED) is 0.355. The van der Waals surface area contributed by atoms with Crippen molar-refractivity contribution in [2.75, 3.05) is 26.2 Å². The third-order valence-corrected chi connectivity index (χ3v) is 9.36. The first-order valence-electron chi connectivity index (χ1n) is 16.0. The van der Waals surface area contributed by atoms with Crippen LogP contribution in [-0.2, 0) is 11.2 Å². The standard InChI is InChI=1S/C36H45N5O3/c1-26-7-5-10-30(21-26)35(43)40(19-16-27-8-3-2-4-9-27)32-17-20-41(36(44)31-11-6-18-38-25-31)33(22-32)34(42)39-24-29-14-12-28(23-37)13-15-29/h2-11,18,21,25,28-29,32-33H,12-17,19-20,22-24,37H2,1H3,(H,39,42)/t28?,29?,32?,33-/m1/s1. The monoisotopic (exact) mass is 595 g/mol. The molecule has 8 heteroatoms. The molecule has 3 aromatic rings. The van der Waals surface area contributed by atoms with E-state index < -0.39 is 6.04 Å². The summed E-state index contributed by atoms with van der Waals surface area (Å²) in [6.45, 7) is 4.19. The number of nitrogens with one attached hydrogen (secondary N) is 1. The second kappa shape index (κ2) is 15.1. The van der Waals surface area contributed by atoms with Crippen LogP contribution in [0, 0.1) is 18.8 Å². The number of aromatic nitrogens is 1. The Bertz CT molecular complexity index is 1390. The van der Waals surface area contributed by atoms with Gasteiger partial charge in [-0.3, -0.25) is 19.4 Å². The topological polar surface area (TPSA) is 109 Å². The molecule has 44 heavy (non-hydrogen) atoms. The molecule has 0 bridgehead atoms. The third-order valence-electron chi connectivity index (χ3n) is 9.36. The predicted octanol–water partition coefficient (Wildman–Crippen LogP) is 4.63. The number of amides is 3. The van der Waals surface area contributed by atoms with Gasteiger partial charge in [0.1, 0.15) is 6.04 Å². The molecule has 0 radical (unpaired) electrons. The lowest BCUT2D eigenvalue weighted by atomic mass is 9.82. The number of likely N-dealkylation sites (tertiary alicyclic amines) is 1. The van der Waals surface area contributed by atoms with Crippen molar-refractivity contribution >= 4 is 17.7 Å². The summed E-state index contributed by atoms with van der Waals surface area (Å²) < 4.78 is 0. The molecule has 1 aliphatic carbocycles. The summed E-state index contributed by atoms with van der Waals surface area (Å²) in [5.74, 6) is 0.577. The molecule has 2 aromatic carbocycles. The van der Waals surface area contributed by atoms with Gasteiger partial charge in [-0.05, 0) is 100 Å². The van der Waals surface area contributed by atoms with Crippen molar-refractivity contribution in [2.24, 2.45) is 17.6 Å². The average Bonchev–Trinajstić information content (AvgIpc) is 3.08. The van der Waals surface area contributed by atoms with Crippen LogP contribution >= 0.6 is 0 Å². The van der Waals surface area contributed by atoms with Crippen LogP contribution in [0.1, 0.15) is 70.4 Å². The molecule has 1 unspecified atom stereocenters. The lowest BCUT2D eigenvalue weighted by molar-refractivity contribution is -0.127. The molecule has 1 aliphatic heterocycles. The minimum absolute atomic E-state index is 0.0440. The largest absolute Gasteiger partial charge is 0.354 e. The van der Waals surface area contributed by atoms with Gasteiger partial charge in [-0.1, -0.05) is 48.0 Å². The van der Waals surface area contributed by atoms with Crippen LogP contribution < -0.4 is 11.1 Å². The highest BCUT2D eigenvalue weighted by Gasteiger charge is 2.40. The smallest absolute Gasteiger partial charge is 0.256 e. The van der Waals surface area contributed by atoms with Crippen LogP contribution in [0.25, 0.3) is 0 Å². The fourth-order valence-electron chi connectivity index (χ4n) is 6.70. The van der Waals surface area contributed by atoms with Gasteiger partial charge < -0.3 is 20.9 Å². The molecular formula is C36H45N5O3. The van der Waals surface area contributed by atoms with E-state index >= 15 is 0 Å². The zero-order valence-electron chi connectivity index (χ0n) is 25.7. The molecule has 2 fully saturated rings. The molecule has 8 nitrogen and oxygen atoms in total. The van der Waals surface area contributed by atoms with E-state index in [1.165, 1.54) is 0 Å². The number of pyridine rings is 1. The van der Waals surface area contributed by atoms with E-state index in [2.05, 4.69) is 22.4 Å². The number of aryl methyl sites for hydroxylation is 1. The van der Waals surface area contributed by atoms with Crippen molar-refractivity contribution in [1.29, 1.82) is 0 Å². The Morgan fingerprint density at radius 2 is 1.68 bits per heavy atom. The number of carbonyl (C=O) groups excluding carboxylic acids is 3. The molecule has 1 aromatic heterocycles. The van der Waals surface area contributed by atoms with Gasteiger partial charge in [0.15, 0.2) is 0 Å². The first-order chi connectivity index (χ1) is 21.4. The highest BCUT2D eigenvalue weighted by molar-refractivity contribution is 5.98. The Balaban J connectivity index is 1.37. The Kier molecular flexibility index (Phi) is 10.8. The Labute approximate surface area is 261 Å². The SMILES string of the molecule is Cc1cccc(C(=O)N(CCc2ccccc2)C2CCN(C(=O)c3cccnc3)[C@@H](C(=O)NCC3CCC(CN)CC3)C2)c1. The highest BCUT2D eigenvalue weighted by Crippen LogP contribution is 2.29. The lowest BCUT2D eigenvalue weighted by Crippen LogP contribution is -2.58. The second-order valence-electron chi connectivity index (χ2n) is 12.4. The van der Waals surface area contributed by atoms with Gasteiger partial charge in [-0.2, -0.15) is 0 Å². The Hall–Kier alpha value is -4.04. The molecule has 0 spiro atoms. The molecule has 232 valence electrons. The molecule has 3 amide bonds. The lowest BCUT2D eigenvalue weighted by Gasteiger charge is -2.43. The maximum atomic E-state index is 14.0. The zero-order valence-corrected chi connectivity index (χ0v) is 25.7. The summed E-state index contributed by atoms with van der Waals surface area (Å²) in [5, 5.41) is 3.19. The van der Waals surface area contributed by atoms with E-state index in [-0.39, 0.29) is 23.8 Å². The fraction of sp³-hybridized carbons (Fsp3) is 0.444. The van der Waals surface area contributed by atoms with E-state index in [4.69, 9.17) is 5.73 Å². The third kappa shape index (κ3) is 7.91. The van der Waals surface area contributed by atoms with Crippen molar-refractivity contribution in [1.82, 2.24) is 20.1 Å². The van der Waals surface area contributed by atoms with Crippen molar-refractivity contribution in [3.05, 3.63) is 101 Å². The first-order valence-corrected chi connectivity index (χ1v) is 16.0. The minimum Gasteiger partial charge on any atom is -0.354 e. The van der Waals surface area contributed by atoms with Crippen molar-refractivity contribution < 1.29 is 14.4 Å². The minimum atomic E-state index is -0.689. The molecule has 2 heterocycles. The van der Waals surface area contributed by atoms with Crippen molar-refractivity contribution in [2.45, 2.75) is 64.0 Å². The summed E-state index contributed by atoms with van der Waals surface area (Å²) in [6.07, 6.45) is 9.13. The molecule has 5 rings (SSSR count). The van der Waals surface area contributed by atoms with Gasteiger partial charge in [0, 0.05) is 43.6 Å². The first kappa shape index (κ1) is 31.4. The zero-order chi connectivity index (χ0) is 30.9. The Morgan fingerprint density at radius 3 is 2.39 bits per heavy atom. The van der Waals surface area contributed by atoms with Gasteiger partial charge >= 0.3 is 0 Å². The number of nitrogens with two attached hydrogens (primary N) is 1. The highest BCUT2D eigenvalue weighted by atomic mass is 16.2. The van der Waals surface area contributed by atoms with E-state index in [1.54, 1.807) is 29.4 Å². The molecule has 1 saturated carbocycles. The molecule has 3 N–H and O–H groups in total. The number of benzene rings is 2. The van der Waals surface area contributed by atoms with Crippen molar-refractivity contribution in [3.63, 3.8) is 0 Å². The number of rotatable bonds is 10. The maximum absolute atomic E-state index is 14.0. The van der Waals surface area contributed by atoms with E-state index in [1.807, 2.05) is 54.3 Å². The summed E-state index contributed by atoms with van der Waals surface area (Å²) in [5.41, 5.74) is 9.15. The average molecular weight is 596 g/mol. The van der Waals surface area contributed by atoms with Crippen LogP contribution in [0.5, 0.6) is 0 Å². The summed E-state index contributed by atoms with van der Waals surface area (Å²) in [6, 6.07) is 20.4. The summed E-state index contributed by atoms with van der Waals surface area (Å²) in [7, 11) is 0. The van der Waals surface area contributed by atoms with Crippen LogP contribution in [0.15, 0.2) is 79.1 Å². The van der Waals surface area contributed by atoms with Gasteiger partial charge in [-0.25, -0.2) is 0 Å². The van der Waals surface area contributed by atoms with E-state index in [0.29, 0.717) is 61.9 Å². The predicted molar refractivity (Wildman–Crippen MR) is 172 cm³/mol. The van der Waals surface area contributed by atoms with Gasteiger partial charge in [-0.15, -0.1) is 0 Å². The fourth-order valence-corrected chi connectivity index (χ4v) is 6.70. The summed E-state index contributed by atoms with van der Waals surface area (Å²) >= 11 is 0. The van der Waals surface area contributed by atoms with Crippen LogP contribution in [0.2, 0.25) is 0 Å². The van der Waals surface area contributed by atoms with Crippen LogP contribution in [0.4, 0.5) is 0 Å². The molecule has 2 aliphatic rings. The second-order valence-corrected chi connectivity index (χ2v) is 12.4. The van der Waals surface area contributed by atoms with Crippen LogP contribution in [0.3, 0.4) is 0 Å². The normalized spacial score (nSPS) is 21.8. The van der Waals surface area contributed by atoms with Gasteiger partial charge in [0.25, 0.3) is 11.8 Å². The number of nitrogens with zero attached hydrogens (tertiary/aromatic N) is 3. The van der Waals surface area contributed by atoms with Crippen molar-refractivity contribution in [3.8, 4) is 0 Å². The number of piperidine rings is 1. The van der Waals surface area contributed by atoms with Crippen LogP contribution in [-0.4, -0.2) is 70.8 Å². The number of carbonyl (C=O) groups is 3. The van der Waals surface area contributed by atoms with E-state index in [9.17, 15) is 14.4 Å². The van der Waals surface area contributed by atoms with E-state index in [0.717, 1.165) is 43.4 Å². The van der Waals surface area contributed by atoms with Gasteiger partial charge in [0.2, 0.25) is 5.91 Å². The number of hydrogen-bond acceptors (Lipinski definition) is 5. The summed E-state index contributed by atoms with van der Waals surface area (Å²) in [4.78, 5) is 49.4. The Morgan fingerprint density at radius 1 is 0.932 bits per heavy atom. The van der Waals surface area contributed by atoms with Gasteiger partial charge in [0.05, 0.1) is 5.56 Å². The molecule has 1 saturated heterocycles. The maximum Gasteiger partial charge on any atom is 0.256 e. The molecular weight excluding hydrogens is 550 g/mol. The number of hydrogen-bond donors (Lipinski definition) is 2. The molecule has 2 atom stereocenters.